The van der Waals surface area contributed by atoms with Crippen molar-refractivity contribution in [1.82, 2.24) is 4.90 Å². The predicted molar refractivity (Wildman–Crippen MR) is 105 cm³/mol. The molecular formula is C21H20ClNO5. The molecule has 0 radical (unpaired) electrons. The first-order valence-corrected chi connectivity index (χ1v) is 9.14. The fraction of sp³-hybridized carbons (Fsp3) is 0.238. The zero-order chi connectivity index (χ0) is 20.3. The van der Waals surface area contributed by atoms with Gasteiger partial charge in [0, 0.05) is 30.8 Å². The third-order valence-electron chi connectivity index (χ3n) is 4.61. The Morgan fingerprint density at radius 3 is 2.36 bits per heavy atom. The lowest BCUT2D eigenvalue weighted by Crippen LogP contribution is -2.31. The summed E-state index contributed by atoms with van der Waals surface area (Å²) in [6.45, 7) is 0.726. The average molecular weight is 402 g/mol. The number of Topliss-reactive ketones (excluding diaryl/α,β-unsaturated/α-hetero) is 1. The van der Waals surface area contributed by atoms with Crippen molar-refractivity contribution in [2.45, 2.75) is 12.5 Å². The van der Waals surface area contributed by atoms with Crippen molar-refractivity contribution in [3.63, 3.8) is 0 Å². The Bertz CT molecular complexity index is 905. The normalized spacial score (nSPS) is 18.6. The molecule has 0 aliphatic carbocycles. The number of aliphatic hydroxyl groups excluding tert-OH is 1. The fourth-order valence-corrected chi connectivity index (χ4v) is 3.38. The Labute approximate surface area is 167 Å². The molecule has 0 aromatic heterocycles. The van der Waals surface area contributed by atoms with Crippen LogP contribution in [0.3, 0.4) is 0 Å². The third-order valence-corrected chi connectivity index (χ3v) is 4.87. The molecule has 1 amide bonds. The maximum absolute atomic E-state index is 12.8. The molecule has 2 aromatic carbocycles. The zero-order valence-corrected chi connectivity index (χ0v) is 16.0. The van der Waals surface area contributed by atoms with Crippen LogP contribution in [0.25, 0.3) is 5.76 Å². The van der Waals surface area contributed by atoms with Crippen LogP contribution in [0.4, 0.5) is 0 Å². The number of carbonyl (C=O) groups is 2. The molecule has 146 valence electrons. The van der Waals surface area contributed by atoms with Crippen LogP contribution in [0, 0.1) is 0 Å². The van der Waals surface area contributed by atoms with Gasteiger partial charge < -0.3 is 19.8 Å². The molecule has 1 atom stereocenters. The van der Waals surface area contributed by atoms with E-state index in [1.54, 1.807) is 43.5 Å². The predicted octanol–water partition coefficient (Wildman–Crippen LogP) is 3.50. The van der Waals surface area contributed by atoms with Crippen LogP contribution in [0.15, 0.2) is 54.1 Å². The number of aliphatic hydroxyl groups is 1. The molecule has 2 aromatic rings. The smallest absolute Gasteiger partial charge is 0.295 e. The molecule has 1 fully saturated rings. The first kappa shape index (κ1) is 19.9. The maximum Gasteiger partial charge on any atom is 0.295 e. The lowest BCUT2D eigenvalue weighted by molar-refractivity contribution is -0.140. The molecule has 1 saturated heterocycles. The van der Waals surface area contributed by atoms with Crippen molar-refractivity contribution in [3.8, 4) is 5.75 Å². The summed E-state index contributed by atoms with van der Waals surface area (Å²) in [4.78, 5) is 26.9. The number of methoxy groups -OCH3 is 1. The largest absolute Gasteiger partial charge is 0.508 e. The first-order chi connectivity index (χ1) is 13.4. The molecule has 0 bridgehead atoms. The summed E-state index contributed by atoms with van der Waals surface area (Å²) in [5, 5.41) is 20.9. The number of aromatic hydroxyl groups is 1. The van der Waals surface area contributed by atoms with Gasteiger partial charge in [-0.05, 0) is 48.4 Å². The Hall–Kier alpha value is -2.83. The van der Waals surface area contributed by atoms with Crippen molar-refractivity contribution >= 4 is 29.1 Å². The van der Waals surface area contributed by atoms with Crippen LogP contribution in [0.2, 0.25) is 5.02 Å². The third kappa shape index (κ3) is 3.88. The minimum atomic E-state index is -0.756. The van der Waals surface area contributed by atoms with E-state index in [0.717, 1.165) is 0 Å². The number of amides is 1. The number of phenols is 1. The molecule has 1 aliphatic heterocycles. The number of halogens is 1. The maximum atomic E-state index is 12.8. The van der Waals surface area contributed by atoms with Crippen LogP contribution < -0.4 is 0 Å². The second-order valence-electron chi connectivity index (χ2n) is 6.44. The second-order valence-corrected chi connectivity index (χ2v) is 6.87. The number of ether oxygens (including phenoxy) is 1. The quantitative estimate of drug-likeness (QED) is 0.335. The number of benzene rings is 2. The Kier molecular flexibility index (Phi) is 6.02. The minimum absolute atomic E-state index is 0.00966. The van der Waals surface area contributed by atoms with Gasteiger partial charge in [-0.15, -0.1) is 0 Å². The van der Waals surface area contributed by atoms with Crippen molar-refractivity contribution in [2.24, 2.45) is 0 Å². The van der Waals surface area contributed by atoms with E-state index in [4.69, 9.17) is 16.3 Å². The molecule has 1 heterocycles. The van der Waals surface area contributed by atoms with Gasteiger partial charge in [-0.25, -0.2) is 0 Å². The van der Waals surface area contributed by atoms with Gasteiger partial charge in [0.05, 0.1) is 11.6 Å². The van der Waals surface area contributed by atoms with Crippen LogP contribution in [-0.4, -0.2) is 47.1 Å². The number of likely N-dealkylation sites (tertiary alicyclic amines) is 1. The molecule has 0 saturated carbocycles. The summed E-state index contributed by atoms with van der Waals surface area (Å²) >= 11 is 5.90. The monoisotopic (exact) mass is 401 g/mol. The molecule has 0 unspecified atom stereocenters. The van der Waals surface area contributed by atoms with E-state index in [9.17, 15) is 19.8 Å². The Morgan fingerprint density at radius 1 is 1.11 bits per heavy atom. The summed E-state index contributed by atoms with van der Waals surface area (Å²) in [6, 6.07) is 11.8. The van der Waals surface area contributed by atoms with Crippen LogP contribution >= 0.6 is 11.6 Å². The molecule has 28 heavy (non-hydrogen) atoms. The van der Waals surface area contributed by atoms with E-state index in [2.05, 4.69) is 0 Å². The van der Waals surface area contributed by atoms with Crippen molar-refractivity contribution in [2.75, 3.05) is 20.3 Å². The summed E-state index contributed by atoms with van der Waals surface area (Å²) in [5.74, 6) is -1.62. The van der Waals surface area contributed by atoms with Crippen LogP contribution in [0.1, 0.15) is 23.6 Å². The zero-order valence-electron chi connectivity index (χ0n) is 15.3. The molecular weight excluding hydrogens is 382 g/mol. The Morgan fingerprint density at radius 2 is 1.75 bits per heavy atom. The van der Waals surface area contributed by atoms with Gasteiger partial charge in [-0.2, -0.15) is 0 Å². The highest BCUT2D eigenvalue weighted by Crippen LogP contribution is 2.39. The number of hydrogen-bond acceptors (Lipinski definition) is 5. The summed E-state index contributed by atoms with van der Waals surface area (Å²) in [5.41, 5.74) is 1.02. The van der Waals surface area contributed by atoms with E-state index in [0.29, 0.717) is 35.7 Å². The first-order valence-electron chi connectivity index (χ1n) is 8.76. The molecule has 3 rings (SSSR count). The number of carbonyl (C=O) groups excluding carboxylic acids is 2. The minimum Gasteiger partial charge on any atom is -0.508 e. The number of ketones is 1. The topological polar surface area (TPSA) is 87.1 Å². The highest BCUT2D eigenvalue weighted by molar-refractivity contribution is 6.46. The molecule has 2 N–H and O–H groups in total. The van der Waals surface area contributed by atoms with E-state index < -0.39 is 17.7 Å². The Balaban J connectivity index is 2.10. The molecule has 0 spiro atoms. The second kappa shape index (κ2) is 8.46. The highest BCUT2D eigenvalue weighted by atomic mass is 35.5. The van der Waals surface area contributed by atoms with Gasteiger partial charge in [0.15, 0.2) is 0 Å². The van der Waals surface area contributed by atoms with Gasteiger partial charge in [-0.1, -0.05) is 23.7 Å². The van der Waals surface area contributed by atoms with Crippen molar-refractivity contribution < 1.29 is 24.5 Å². The van der Waals surface area contributed by atoms with E-state index >= 15 is 0 Å². The molecule has 1 aliphatic rings. The average Bonchev–Trinajstić information content (AvgIpc) is 2.94. The summed E-state index contributed by atoms with van der Waals surface area (Å²) in [6.07, 6.45) is 0.541. The number of nitrogens with zero attached hydrogens (tertiary/aromatic N) is 1. The van der Waals surface area contributed by atoms with Gasteiger partial charge >= 0.3 is 0 Å². The number of phenolic OH excluding ortho intramolecular Hbond substituents is 1. The lowest BCUT2D eigenvalue weighted by atomic mass is 9.95. The van der Waals surface area contributed by atoms with Crippen molar-refractivity contribution in [1.29, 1.82) is 0 Å². The molecule has 7 heteroatoms. The summed E-state index contributed by atoms with van der Waals surface area (Å²) < 4.78 is 5.05. The number of hydrogen-bond donors (Lipinski definition) is 2. The highest BCUT2D eigenvalue weighted by Gasteiger charge is 2.45. The van der Waals surface area contributed by atoms with Gasteiger partial charge in [0.2, 0.25) is 0 Å². The lowest BCUT2D eigenvalue weighted by Gasteiger charge is -2.25. The number of rotatable bonds is 6. The van der Waals surface area contributed by atoms with E-state index in [1.165, 1.54) is 17.0 Å². The SMILES string of the molecule is COCCCN1C(=O)C(=O)C(=C(O)c2ccc(Cl)cc2)[C@@H]1c1ccc(O)cc1. The molecule has 6 nitrogen and oxygen atoms in total. The van der Waals surface area contributed by atoms with E-state index in [1.807, 2.05) is 0 Å². The van der Waals surface area contributed by atoms with Gasteiger partial charge in [0.25, 0.3) is 11.7 Å². The van der Waals surface area contributed by atoms with Gasteiger partial charge in [-0.3, -0.25) is 9.59 Å². The van der Waals surface area contributed by atoms with Gasteiger partial charge in [0.1, 0.15) is 11.5 Å². The van der Waals surface area contributed by atoms with Crippen LogP contribution in [-0.2, 0) is 14.3 Å². The van der Waals surface area contributed by atoms with E-state index in [-0.39, 0.29) is 17.1 Å². The standard InChI is InChI=1S/C21H20ClNO5/c1-28-12-2-11-23-18(13-5-9-16(24)10-6-13)17(20(26)21(23)27)19(25)14-3-7-15(22)8-4-14/h3-10,18,24-25H,2,11-12H2,1H3/t18-/m0/s1. The van der Waals surface area contributed by atoms with Crippen molar-refractivity contribution in [3.05, 3.63) is 70.3 Å². The fourth-order valence-electron chi connectivity index (χ4n) is 3.26. The van der Waals surface area contributed by atoms with Crippen LogP contribution in [0.5, 0.6) is 5.75 Å². The summed E-state index contributed by atoms with van der Waals surface area (Å²) in [7, 11) is 1.56.